The zero-order valence-corrected chi connectivity index (χ0v) is 15.4. The molecule has 0 unspecified atom stereocenters. The zero-order valence-electron chi connectivity index (χ0n) is 15.4. The molecule has 0 radical (unpaired) electrons. The van der Waals surface area contributed by atoms with Crippen molar-refractivity contribution in [2.45, 2.75) is 32.1 Å². The van der Waals surface area contributed by atoms with Gasteiger partial charge in [0.1, 0.15) is 0 Å². The monoisotopic (exact) mass is 368 g/mol. The van der Waals surface area contributed by atoms with Crippen molar-refractivity contribution in [2.24, 2.45) is 5.92 Å². The number of fused-ring (bicyclic) bond motifs is 1. The van der Waals surface area contributed by atoms with E-state index in [1.54, 1.807) is 4.90 Å². The molecule has 2 aliphatic heterocycles. The molecule has 1 saturated heterocycles. The minimum atomic E-state index is -0.824. The SMILES string of the molecule is CN1C(=O)CCc2cc(-c3n[nH]cc3CC3CCN(C(=O)O)CC3)ccc21. The fourth-order valence-corrected chi connectivity index (χ4v) is 4.16. The molecule has 1 fully saturated rings. The molecule has 0 bridgehead atoms. The molecule has 2 aromatic rings. The molecule has 7 nitrogen and oxygen atoms in total. The Morgan fingerprint density at radius 1 is 1.30 bits per heavy atom. The summed E-state index contributed by atoms with van der Waals surface area (Å²) in [6.07, 6.45) is 5.10. The van der Waals surface area contributed by atoms with Crippen molar-refractivity contribution in [1.29, 1.82) is 0 Å². The molecule has 3 heterocycles. The van der Waals surface area contributed by atoms with E-state index >= 15 is 0 Å². The van der Waals surface area contributed by atoms with Crippen molar-refractivity contribution < 1.29 is 14.7 Å². The number of aromatic nitrogens is 2. The number of hydrogen-bond donors (Lipinski definition) is 2. The maximum Gasteiger partial charge on any atom is 0.407 e. The van der Waals surface area contributed by atoms with Gasteiger partial charge in [0.25, 0.3) is 0 Å². The van der Waals surface area contributed by atoms with Gasteiger partial charge in [-0.2, -0.15) is 5.10 Å². The van der Waals surface area contributed by atoms with Gasteiger partial charge >= 0.3 is 6.09 Å². The molecule has 0 atom stereocenters. The second kappa shape index (κ2) is 7.06. The smallest absolute Gasteiger partial charge is 0.407 e. The van der Waals surface area contributed by atoms with Gasteiger partial charge in [0.2, 0.25) is 5.91 Å². The molecule has 0 aliphatic carbocycles. The second-order valence-corrected chi connectivity index (χ2v) is 7.47. The van der Waals surface area contributed by atoms with E-state index in [9.17, 15) is 9.59 Å². The number of nitrogens with zero attached hydrogens (tertiary/aromatic N) is 3. The van der Waals surface area contributed by atoms with Crippen LogP contribution >= 0.6 is 0 Å². The van der Waals surface area contributed by atoms with Crippen molar-refractivity contribution >= 4 is 17.7 Å². The third kappa shape index (κ3) is 3.41. The molecular weight excluding hydrogens is 344 g/mol. The van der Waals surface area contributed by atoms with Gasteiger partial charge in [0, 0.05) is 44.0 Å². The van der Waals surface area contributed by atoms with Gasteiger partial charge in [0.15, 0.2) is 0 Å². The highest BCUT2D eigenvalue weighted by Crippen LogP contribution is 2.33. The first-order chi connectivity index (χ1) is 13.0. The van der Waals surface area contributed by atoms with E-state index in [1.165, 1.54) is 16.0 Å². The number of likely N-dealkylation sites (tertiary alicyclic amines) is 1. The number of carboxylic acid groups (broad SMARTS) is 1. The molecule has 0 saturated carbocycles. The van der Waals surface area contributed by atoms with Gasteiger partial charge in [-0.25, -0.2) is 4.79 Å². The predicted octanol–water partition coefficient (Wildman–Crippen LogP) is 2.92. The normalized spacial score (nSPS) is 17.9. The molecule has 1 aromatic carbocycles. The van der Waals surface area contributed by atoms with E-state index in [1.807, 2.05) is 25.4 Å². The van der Waals surface area contributed by atoms with E-state index in [-0.39, 0.29) is 5.91 Å². The number of aryl methyl sites for hydroxylation is 1. The van der Waals surface area contributed by atoms with E-state index in [4.69, 9.17) is 5.11 Å². The van der Waals surface area contributed by atoms with E-state index < -0.39 is 6.09 Å². The lowest BCUT2D eigenvalue weighted by Gasteiger charge is -2.30. The Kier molecular flexibility index (Phi) is 4.59. The Labute approximate surface area is 158 Å². The number of anilines is 1. The number of aromatic amines is 1. The minimum absolute atomic E-state index is 0.156. The van der Waals surface area contributed by atoms with Crippen molar-refractivity contribution in [2.75, 3.05) is 25.0 Å². The summed E-state index contributed by atoms with van der Waals surface area (Å²) >= 11 is 0. The van der Waals surface area contributed by atoms with E-state index in [2.05, 4.69) is 16.3 Å². The van der Waals surface area contributed by atoms with Crippen LogP contribution in [0.3, 0.4) is 0 Å². The minimum Gasteiger partial charge on any atom is -0.465 e. The van der Waals surface area contributed by atoms with Gasteiger partial charge in [0.05, 0.1) is 5.69 Å². The van der Waals surface area contributed by atoms with Crippen molar-refractivity contribution in [3.63, 3.8) is 0 Å². The Bertz CT molecular complexity index is 868. The third-order valence-electron chi connectivity index (χ3n) is 5.81. The summed E-state index contributed by atoms with van der Waals surface area (Å²) in [5.41, 5.74) is 5.35. The Morgan fingerprint density at radius 2 is 2.07 bits per heavy atom. The quantitative estimate of drug-likeness (QED) is 0.872. The fraction of sp³-hybridized carbons (Fsp3) is 0.450. The number of H-pyrrole nitrogens is 1. The average molecular weight is 368 g/mol. The first-order valence-corrected chi connectivity index (χ1v) is 9.43. The van der Waals surface area contributed by atoms with Crippen LogP contribution < -0.4 is 4.90 Å². The number of amides is 2. The third-order valence-corrected chi connectivity index (χ3v) is 5.81. The topological polar surface area (TPSA) is 89.5 Å². The summed E-state index contributed by atoms with van der Waals surface area (Å²) in [6.45, 7) is 1.21. The lowest BCUT2D eigenvalue weighted by atomic mass is 9.89. The maximum absolute atomic E-state index is 11.9. The Hall–Kier alpha value is -2.83. The molecule has 4 rings (SSSR count). The van der Waals surface area contributed by atoms with Crippen molar-refractivity contribution in [1.82, 2.24) is 15.1 Å². The Balaban J connectivity index is 1.51. The molecule has 0 spiro atoms. The number of hydrogen-bond acceptors (Lipinski definition) is 3. The zero-order chi connectivity index (χ0) is 19.0. The summed E-state index contributed by atoms with van der Waals surface area (Å²) in [5.74, 6) is 0.627. The molecular formula is C20H24N4O3. The van der Waals surface area contributed by atoms with E-state index in [0.29, 0.717) is 25.4 Å². The second-order valence-electron chi connectivity index (χ2n) is 7.47. The van der Waals surface area contributed by atoms with Gasteiger partial charge in [-0.1, -0.05) is 6.07 Å². The molecule has 27 heavy (non-hydrogen) atoms. The van der Waals surface area contributed by atoms with Crippen LogP contribution in [0.4, 0.5) is 10.5 Å². The van der Waals surface area contributed by atoms with Crippen LogP contribution in [0.5, 0.6) is 0 Å². The van der Waals surface area contributed by atoms with Crippen LogP contribution in [0.15, 0.2) is 24.4 Å². The summed E-state index contributed by atoms with van der Waals surface area (Å²) in [6, 6.07) is 6.18. The van der Waals surface area contributed by atoms with Crippen LogP contribution in [-0.2, 0) is 17.6 Å². The summed E-state index contributed by atoms with van der Waals surface area (Å²) in [7, 11) is 1.82. The lowest BCUT2D eigenvalue weighted by Crippen LogP contribution is -2.37. The number of benzene rings is 1. The van der Waals surface area contributed by atoms with E-state index in [0.717, 1.165) is 42.6 Å². The molecule has 1 aromatic heterocycles. The van der Waals surface area contributed by atoms with Crippen LogP contribution in [0.25, 0.3) is 11.3 Å². The molecule has 142 valence electrons. The molecule has 2 amide bonds. The van der Waals surface area contributed by atoms with Gasteiger partial charge < -0.3 is 14.9 Å². The number of piperidine rings is 1. The highest BCUT2D eigenvalue weighted by atomic mass is 16.4. The lowest BCUT2D eigenvalue weighted by molar-refractivity contribution is -0.118. The number of nitrogens with one attached hydrogen (secondary N) is 1. The predicted molar refractivity (Wildman–Crippen MR) is 102 cm³/mol. The Morgan fingerprint density at radius 3 is 2.81 bits per heavy atom. The van der Waals surface area contributed by atoms with Crippen LogP contribution in [0, 0.1) is 5.92 Å². The van der Waals surface area contributed by atoms with Crippen molar-refractivity contribution in [3.05, 3.63) is 35.5 Å². The standard InChI is InChI=1S/C20H24N4O3/c1-23-17-4-2-15(11-14(17)3-5-18(23)25)19-16(12-21-22-19)10-13-6-8-24(9-7-13)20(26)27/h2,4,11-13H,3,5-10H2,1H3,(H,21,22)(H,26,27). The summed E-state index contributed by atoms with van der Waals surface area (Å²) < 4.78 is 0. The summed E-state index contributed by atoms with van der Waals surface area (Å²) in [5, 5.41) is 16.6. The van der Waals surface area contributed by atoms with Crippen LogP contribution in [0.2, 0.25) is 0 Å². The highest BCUT2D eigenvalue weighted by Gasteiger charge is 2.25. The molecule has 2 aliphatic rings. The van der Waals surface area contributed by atoms with Crippen LogP contribution in [0.1, 0.15) is 30.4 Å². The van der Waals surface area contributed by atoms with Gasteiger partial charge in [-0.05, 0) is 54.9 Å². The molecule has 7 heteroatoms. The number of carbonyl (C=O) groups excluding carboxylic acids is 1. The first-order valence-electron chi connectivity index (χ1n) is 9.43. The largest absolute Gasteiger partial charge is 0.465 e. The fourth-order valence-electron chi connectivity index (χ4n) is 4.16. The first kappa shape index (κ1) is 17.6. The summed E-state index contributed by atoms with van der Waals surface area (Å²) in [4.78, 5) is 26.2. The highest BCUT2D eigenvalue weighted by molar-refractivity contribution is 5.96. The van der Waals surface area contributed by atoms with Gasteiger partial charge in [-0.15, -0.1) is 0 Å². The van der Waals surface area contributed by atoms with Crippen molar-refractivity contribution in [3.8, 4) is 11.3 Å². The maximum atomic E-state index is 11.9. The van der Waals surface area contributed by atoms with Gasteiger partial charge in [-0.3, -0.25) is 9.89 Å². The average Bonchev–Trinajstić information content (AvgIpc) is 3.13. The number of carbonyl (C=O) groups is 2. The van der Waals surface area contributed by atoms with Crippen LogP contribution in [-0.4, -0.2) is 52.3 Å². The number of rotatable bonds is 3. The molecule has 2 N–H and O–H groups in total.